The Morgan fingerprint density at radius 1 is 1.00 bits per heavy atom. The maximum Gasteiger partial charge on any atom is 0.255 e. The minimum atomic E-state index is -0.173. The molecule has 30 heavy (non-hydrogen) atoms. The Morgan fingerprint density at radius 3 is 2.53 bits per heavy atom. The van der Waals surface area contributed by atoms with Crippen LogP contribution in [0.3, 0.4) is 0 Å². The molecular weight excluding hydrogens is 374 g/mol. The SMILES string of the molecule is Cc1nccn1Cc1ccccc1NC(=O)c1cccc(-c2ccccc2CO)c1. The van der Waals surface area contributed by atoms with Crippen molar-refractivity contribution < 1.29 is 9.90 Å². The number of nitrogens with one attached hydrogen (secondary N) is 1. The smallest absolute Gasteiger partial charge is 0.255 e. The zero-order valence-corrected chi connectivity index (χ0v) is 16.7. The van der Waals surface area contributed by atoms with Gasteiger partial charge in [-0.25, -0.2) is 4.98 Å². The second-order valence-electron chi connectivity index (χ2n) is 7.11. The molecule has 5 nitrogen and oxygen atoms in total. The number of aliphatic hydroxyl groups is 1. The second-order valence-corrected chi connectivity index (χ2v) is 7.11. The van der Waals surface area contributed by atoms with Crippen LogP contribution in [0.5, 0.6) is 0 Å². The van der Waals surface area contributed by atoms with Crippen molar-refractivity contribution in [3.63, 3.8) is 0 Å². The van der Waals surface area contributed by atoms with E-state index in [4.69, 9.17) is 0 Å². The Morgan fingerprint density at radius 2 is 1.77 bits per heavy atom. The van der Waals surface area contributed by atoms with Gasteiger partial charge in [0.15, 0.2) is 0 Å². The zero-order chi connectivity index (χ0) is 20.9. The van der Waals surface area contributed by atoms with Gasteiger partial charge < -0.3 is 15.0 Å². The maximum atomic E-state index is 13.0. The monoisotopic (exact) mass is 397 g/mol. The van der Waals surface area contributed by atoms with Gasteiger partial charge in [0.25, 0.3) is 5.91 Å². The third-order valence-corrected chi connectivity index (χ3v) is 5.15. The molecule has 1 heterocycles. The van der Waals surface area contributed by atoms with Gasteiger partial charge in [-0.3, -0.25) is 4.79 Å². The number of aryl methyl sites for hydroxylation is 1. The molecular formula is C25H23N3O2. The first-order chi connectivity index (χ1) is 14.7. The van der Waals surface area contributed by atoms with E-state index in [9.17, 15) is 9.90 Å². The first-order valence-corrected chi connectivity index (χ1v) is 9.82. The van der Waals surface area contributed by atoms with Crippen LogP contribution in [-0.4, -0.2) is 20.6 Å². The van der Waals surface area contributed by atoms with Crippen molar-refractivity contribution in [2.45, 2.75) is 20.1 Å². The number of rotatable bonds is 6. The highest BCUT2D eigenvalue weighted by molar-refractivity contribution is 6.05. The molecule has 0 saturated carbocycles. The van der Waals surface area contributed by atoms with E-state index in [0.717, 1.165) is 33.8 Å². The van der Waals surface area contributed by atoms with E-state index in [1.165, 1.54) is 0 Å². The van der Waals surface area contributed by atoms with Crippen LogP contribution in [0.1, 0.15) is 27.3 Å². The summed E-state index contributed by atoms with van der Waals surface area (Å²) in [5.41, 5.74) is 5.00. The standard InChI is InChI=1S/C25H23N3O2/c1-18-26-13-14-28(18)16-21-7-3-5-12-24(21)27-25(30)20-10-6-9-19(15-20)23-11-4-2-8-22(23)17-29/h2-15,29H,16-17H2,1H3,(H,27,30). The van der Waals surface area contributed by atoms with Gasteiger partial charge in [-0.1, -0.05) is 54.6 Å². The molecule has 3 aromatic carbocycles. The van der Waals surface area contributed by atoms with Crippen molar-refractivity contribution in [1.82, 2.24) is 9.55 Å². The van der Waals surface area contributed by atoms with Crippen LogP contribution < -0.4 is 5.32 Å². The average Bonchev–Trinajstić information content (AvgIpc) is 3.19. The quantitative estimate of drug-likeness (QED) is 0.498. The molecule has 0 aliphatic heterocycles. The second kappa shape index (κ2) is 8.76. The predicted octanol–water partition coefficient (Wildman–Crippen LogP) is 4.65. The first kappa shape index (κ1) is 19.6. The fourth-order valence-corrected chi connectivity index (χ4v) is 3.50. The van der Waals surface area contributed by atoms with E-state index in [1.807, 2.05) is 84.4 Å². The molecule has 0 aliphatic rings. The van der Waals surface area contributed by atoms with Crippen LogP contribution in [0, 0.1) is 6.92 Å². The Kier molecular flexibility index (Phi) is 5.72. The normalized spacial score (nSPS) is 10.7. The lowest BCUT2D eigenvalue weighted by Gasteiger charge is -2.13. The van der Waals surface area contributed by atoms with E-state index in [2.05, 4.69) is 10.3 Å². The molecule has 0 fully saturated rings. The number of aliphatic hydroxyl groups excluding tert-OH is 1. The summed E-state index contributed by atoms with van der Waals surface area (Å²) in [6.07, 6.45) is 3.70. The van der Waals surface area contributed by atoms with Gasteiger partial charge in [0.05, 0.1) is 13.2 Å². The number of benzene rings is 3. The minimum Gasteiger partial charge on any atom is -0.392 e. The molecule has 0 aliphatic carbocycles. The Balaban J connectivity index is 1.59. The van der Waals surface area contributed by atoms with E-state index in [0.29, 0.717) is 12.1 Å². The van der Waals surface area contributed by atoms with Crippen LogP contribution in [0.2, 0.25) is 0 Å². The van der Waals surface area contributed by atoms with Crippen LogP contribution in [0.25, 0.3) is 11.1 Å². The summed E-state index contributed by atoms with van der Waals surface area (Å²) < 4.78 is 2.04. The van der Waals surface area contributed by atoms with Gasteiger partial charge >= 0.3 is 0 Å². The van der Waals surface area contributed by atoms with Crippen LogP contribution in [-0.2, 0) is 13.2 Å². The third-order valence-electron chi connectivity index (χ3n) is 5.15. The van der Waals surface area contributed by atoms with Crippen LogP contribution in [0.15, 0.2) is 85.2 Å². The molecule has 1 amide bonds. The Hall–Kier alpha value is -3.70. The largest absolute Gasteiger partial charge is 0.392 e. The molecule has 0 radical (unpaired) electrons. The minimum absolute atomic E-state index is 0.0480. The molecule has 1 aromatic heterocycles. The molecule has 2 N–H and O–H groups in total. The molecule has 4 aromatic rings. The highest BCUT2D eigenvalue weighted by Gasteiger charge is 2.12. The van der Waals surface area contributed by atoms with Gasteiger partial charge in [0.2, 0.25) is 0 Å². The highest BCUT2D eigenvalue weighted by atomic mass is 16.3. The summed E-state index contributed by atoms with van der Waals surface area (Å²) in [5.74, 6) is 0.750. The zero-order valence-electron chi connectivity index (χ0n) is 16.7. The van der Waals surface area contributed by atoms with Gasteiger partial charge in [-0.2, -0.15) is 0 Å². The maximum absolute atomic E-state index is 13.0. The fraction of sp³-hybridized carbons (Fsp3) is 0.120. The molecule has 150 valence electrons. The van der Waals surface area contributed by atoms with Crippen LogP contribution in [0.4, 0.5) is 5.69 Å². The Bertz CT molecular complexity index is 1180. The summed E-state index contributed by atoms with van der Waals surface area (Å²) in [5, 5.41) is 12.7. The van der Waals surface area contributed by atoms with Crippen molar-refractivity contribution in [2.24, 2.45) is 0 Å². The number of hydrogen-bond acceptors (Lipinski definition) is 3. The van der Waals surface area contributed by atoms with E-state index < -0.39 is 0 Å². The van der Waals surface area contributed by atoms with Crippen molar-refractivity contribution in [3.8, 4) is 11.1 Å². The van der Waals surface area contributed by atoms with Crippen molar-refractivity contribution in [3.05, 3.63) is 108 Å². The lowest BCUT2D eigenvalue weighted by molar-refractivity contribution is 0.102. The predicted molar refractivity (Wildman–Crippen MR) is 118 cm³/mol. The Labute approximate surface area is 175 Å². The summed E-state index contributed by atoms with van der Waals surface area (Å²) in [7, 11) is 0. The molecule has 5 heteroatoms. The summed E-state index contributed by atoms with van der Waals surface area (Å²) >= 11 is 0. The fourth-order valence-electron chi connectivity index (χ4n) is 3.50. The summed E-state index contributed by atoms with van der Waals surface area (Å²) in [6.45, 7) is 2.54. The summed E-state index contributed by atoms with van der Waals surface area (Å²) in [6, 6.07) is 22.9. The number of nitrogens with zero attached hydrogens (tertiary/aromatic N) is 2. The molecule has 4 rings (SSSR count). The van der Waals surface area contributed by atoms with E-state index >= 15 is 0 Å². The van der Waals surface area contributed by atoms with Crippen molar-refractivity contribution >= 4 is 11.6 Å². The van der Waals surface area contributed by atoms with Crippen molar-refractivity contribution in [1.29, 1.82) is 0 Å². The molecule has 0 bridgehead atoms. The highest BCUT2D eigenvalue weighted by Crippen LogP contribution is 2.25. The van der Waals surface area contributed by atoms with Gasteiger partial charge in [-0.15, -0.1) is 0 Å². The molecule has 0 unspecified atom stereocenters. The average molecular weight is 397 g/mol. The van der Waals surface area contributed by atoms with Crippen molar-refractivity contribution in [2.75, 3.05) is 5.32 Å². The number of imidazole rings is 1. The number of carbonyl (C=O) groups is 1. The lowest BCUT2D eigenvalue weighted by atomic mass is 9.98. The van der Waals surface area contributed by atoms with Gasteiger partial charge in [0, 0.05) is 23.6 Å². The number of hydrogen-bond donors (Lipinski definition) is 2. The number of carbonyl (C=O) groups excluding carboxylic acids is 1. The number of para-hydroxylation sites is 1. The number of anilines is 1. The topological polar surface area (TPSA) is 67.2 Å². The molecule has 0 spiro atoms. The van der Waals surface area contributed by atoms with Gasteiger partial charge in [-0.05, 0) is 47.4 Å². The molecule has 0 atom stereocenters. The van der Waals surface area contributed by atoms with Gasteiger partial charge in [0.1, 0.15) is 5.82 Å². The van der Waals surface area contributed by atoms with E-state index in [-0.39, 0.29) is 12.5 Å². The summed E-state index contributed by atoms with van der Waals surface area (Å²) in [4.78, 5) is 17.3. The molecule has 0 saturated heterocycles. The number of aromatic nitrogens is 2. The first-order valence-electron chi connectivity index (χ1n) is 9.82. The number of amides is 1. The van der Waals surface area contributed by atoms with Crippen LogP contribution >= 0.6 is 0 Å². The third kappa shape index (κ3) is 4.16. The lowest BCUT2D eigenvalue weighted by Crippen LogP contribution is -2.14. The van der Waals surface area contributed by atoms with E-state index in [1.54, 1.807) is 12.3 Å².